The summed E-state index contributed by atoms with van der Waals surface area (Å²) < 4.78 is 0. The molecule has 1 N–H and O–H groups in total. The molecule has 1 aromatic rings. The van der Waals surface area contributed by atoms with Crippen LogP contribution in [0, 0.1) is 0 Å². The smallest absolute Gasteiger partial charge is 0.0408 e. The van der Waals surface area contributed by atoms with Crippen LogP contribution in [0.15, 0.2) is 24.3 Å². The van der Waals surface area contributed by atoms with Gasteiger partial charge in [0.1, 0.15) is 0 Å². The minimum absolute atomic E-state index is 0.508. The number of hydrogen-bond donors (Lipinski definition) is 1. The summed E-state index contributed by atoms with van der Waals surface area (Å²) in [5.41, 5.74) is 1.32. The maximum Gasteiger partial charge on any atom is 0.0408 e. The van der Waals surface area contributed by atoms with E-state index in [-0.39, 0.29) is 0 Å². The van der Waals surface area contributed by atoms with Gasteiger partial charge < -0.3 is 5.32 Å². The maximum absolute atomic E-state index is 5.99. The van der Waals surface area contributed by atoms with Crippen molar-refractivity contribution in [3.8, 4) is 0 Å². The number of likely N-dealkylation sites (N-methyl/N-ethyl adjacent to an activating group) is 1. The third-order valence-corrected chi connectivity index (χ3v) is 3.12. The Balaban J connectivity index is 2.77. The number of nitrogens with one attached hydrogen (secondary N) is 1. The number of halogens is 1. The lowest BCUT2D eigenvalue weighted by Crippen LogP contribution is -2.32. The minimum atomic E-state index is 0.508. The molecule has 15 heavy (non-hydrogen) atoms. The van der Waals surface area contributed by atoms with E-state index in [1.54, 1.807) is 0 Å². The normalized spacial score (nSPS) is 14.9. The summed E-state index contributed by atoms with van der Waals surface area (Å²) >= 11 is 5.99. The lowest BCUT2D eigenvalue weighted by molar-refractivity contribution is 0.449. The molecule has 84 valence electrons. The summed E-state index contributed by atoms with van der Waals surface area (Å²) in [6.07, 6.45) is 1.14. The first kappa shape index (κ1) is 12.5. The van der Waals surface area contributed by atoms with Crippen LogP contribution in [0.5, 0.6) is 0 Å². The Hall–Kier alpha value is -0.530. The second kappa shape index (κ2) is 6.14. The molecule has 1 nitrogen and oxygen atoms in total. The van der Waals surface area contributed by atoms with E-state index in [1.165, 1.54) is 5.56 Å². The Kier molecular flexibility index (Phi) is 5.13. The molecule has 0 saturated carbocycles. The van der Waals surface area contributed by atoms with Gasteiger partial charge in [-0.2, -0.15) is 0 Å². The van der Waals surface area contributed by atoms with Crippen LogP contribution in [0.3, 0.4) is 0 Å². The zero-order valence-corrected chi connectivity index (χ0v) is 10.5. The summed E-state index contributed by atoms with van der Waals surface area (Å²) in [7, 11) is 0. The van der Waals surface area contributed by atoms with Crippen LogP contribution in [-0.4, -0.2) is 12.6 Å². The van der Waals surface area contributed by atoms with Crippen LogP contribution in [0.2, 0.25) is 5.02 Å². The first-order valence-electron chi connectivity index (χ1n) is 5.67. The highest BCUT2D eigenvalue weighted by molar-refractivity contribution is 6.30. The SMILES string of the molecule is CCNC(CC)C(C)c1cccc(Cl)c1. The molecule has 0 heterocycles. The van der Waals surface area contributed by atoms with Crippen molar-refractivity contribution in [2.24, 2.45) is 0 Å². The van der Waals surface area contributed by atoms with Crippen molar-refractivity contribution >= 4 is 11.6 Å². The van der Waals surface area contributed by atoms with E-state index in [9.17, 15) is 0 Å². The quantitative estimate of drug-likeness (QED) is 0.803. The summed E-state index contributed by atoms with van der Waals surface area (Å²) in [6.45, 7) is 7.63. The van der Waals surface area contributed by atoms with Crippen molar-refractivity contribution in [2.45, 2.75) is 39.2 Å². The van der Waals surface area contributed by atoms with Crippen LogP contribution in [-0.2, 0) is 0 Å². The second-order valence-electron chi connectivity index (χ2n) is 3.92. The topological polar surface area (TPSA) is 12.0 Å². The number of hydrogen-bond acceptors (Lipinski definition) is 1. The van der Waals surface area contributed by atoms with Crippen LogP contribution >= 0.6 is 11.6 Å². The molecule has 0 amide bonds. The molecule has 0 aliphatic carbocycles. The fourth-order valence-electron chi connectivity index (χ4n) is 1.96. The zero-order chi connectivity index (χ0) is 11.3. The average molecular weight is 226 g/mol. The molecule has 0 aliphatic heterocycles. The molecular formula is C13H20ClN. The lowest BCUT2D eigenvalue weighted by Gasteiger charge is -2.24. The van der Waals surface area contributed by atoms with Crippen LogP contribution < -0.4 is 5.32 Å². The van der Waals surface area contributed by atoms with Crippen molar-refractivity contribution < 1.29 is 0 Å². The third-order valence-electron chi connectivity index (χ3n) is 2.88. The predicted octanol–water partition coefficient (Wildman–Crippen LogP) is 3.83. The van der Waals surface area contributed by atoms with Gasteiger partial charge in [0, 0.05) is 11.1 Å². The summed E-state index contributed by atoms with van der Waals surface area (Å²) in [5, 5.41) is 4.33. The van der Waals surface area contributed by atoms with Gasteiger partial charge in [0.15, 0.2) is 0 Å². The lowest BCUT2D eigenvalue weighted by atomic mass is 9.92. The fraction of sp³-hybridized carbons (Fsp3) is 0.538. The molecule has 1 aromatic carbocycles. The van der Waals surface area contributed by atoms with Crippen molar-refractivity contribution in [1.82, 2.24) is 5.32 Å². The standard InChI is InChI=1S/C13H20ClN/c1-4-13(15-5-2)10(3)11-7-6-8-12(14)9-11/h6-10,13,15H,4-5H2,1-3H3. The van der Waals surface area contributed by atoms with Crippen molar-refractivity contribution in [2.75, 3.05) is 6.54 Å². The number of benzene rings is 1. The van der Waals surface area contributed by atoms with E-state index in [4.69, 9.17) is 11.6 Å². The van der Waals surface area contributed by atoms with Crippen LogP contribution in [0.4, 0.5) is 0 Å². The molecule has 2 heteroatoms. The number of rotatable bonds is 5. The maximum atomic E-state index is 5.99. The van der Waals surface area contributed by atoms with Crippen molar-refractivity contribution in [1.29, 1.82) is 0 Å². The molecule has 2 unspecified atom stereocenters. The summed E-state index contributed by atoms with van der Waals surface area (Å²) in [6, 6.07) is 8.69. The molecule has 0 saturated heterocycles. The van der Waals surface area contributed by atoms with Gasteiger partial charge in [0.25, 0.3) is 0 Å². The van der Waals surface area contributed by atoms with Gasteiger partial charge in [-0.05, 0) is 36.6 Å². The van der Waals surface area contributed by atoms with Crippen LogP contribution in [0.25, 0.3) is 0 Å². The Morgan fingerprint density at radius 1 is 1.33 bits per heavy atom. The van der Waals surface area contributed by atoms with E-state index in [0.29, 0.717) is 12.0 Å². The molecule has 1 rings (SSSR count). The monoisotopic (exact) mass is 225 g/mol. The molecule has 0 radical (unpaired) electrons. The molecule has 2 atom stereocenters. The Morgan fingerprint density at radius 2 is 2.07 bits per heavy atom. The van der Waals surface area contributed by atoms with E-state index in [2.05, 4.69) is 38.2 Å². The first-order chi connectivity index (χ1) is 7.19. The molecule has 0 aromatic heterocycles. The molecule has 0 spiro atoms. The Morgan fingerprint density at radius 3 is 2.60 bits per heavy atom. The summed E-state index contributed by atoms with van der Waals surface area (Å²) in [4.78, 5) is 0. The van der Waals surface area contributed by atoms with Gasteiger partial charge in [-0.25, -0.2) is 0 Å². The van der Waals surface area contributed by atoms with E-state index in [1.807, 2.05) is 12.1 Å². The van der Waals surface area contributed by atoms with E-state index >= 15 is 0 Å². The van der Waals surface area contributed by atoms with Gasteiger partial charge in [-0.1, -0.05) is 44.5 Å². The van der Waals surface area contributed by atoms with Gasteiger partial charge in [-0.15, -0.1) is 0 Å². The molecule has 0 bridgehead atoms. The van der Waals surface area contributed by atoms with Gasteiger partial charge >= 0.3 is 0 Å². The minimum Gasteiger partial charge on any atom is -0.314 e. The first-order valence-corrected chi connectivity index (χ1v) is 6.05. The van der Waals surface area contributed by atoms with Gasteiger partial charge in [0.2, 0.25) is 0 Å². The predicted molar refractivity (Wildman–Crippen MR) is 67.6 cm³/mol. The largest absolute Gasteiger partial charge is 0.314 e. The highest BCUT2D eigenvalue weighted by Crippen LogP contribution is 2.23. The zero-order valence-electron chi connectivity index (χ0n) is 9.76. The Bertz CT molecular complexity index is 298. The Labute approximate surface area is 97.8 Å². The van der Waals surface area contributed by atoms with Crippen molar-refractivity contribution in [3.05, 3.63) is 34.9 Å². The molecule has 0 aliphatic rings. The van der Waals surface area contributed by atoms with E-state index in [0.717, 1.165) is 18.0 Å². The van der Waals surface area contributed by atoms with Crippen LogP contribution in [0.1, 0.15) is 38.7 Å². The molecular weight excluding hydrogens is 206 g/mol. The van der Waals surface area contributed by atoms with Gasteiger partial charge in [-0.3, -0.25) is 0 Å². The highest BCUT2D eigenvalue weighted by atomic mass is 35.5. The van der Waals surface area contributed by atoms with E-state index < -0.39 is 0 Å². The highest BCUT2D eigenvalue weighted by Gasteiger charge is 2.15. The second-order valence-corrected chi connectivity index (χ2v) is 4.35. The third kappa shape index (κ3) is 3.51. The summed E-state index contributed by atoms with van der Waals surface area (Å²) in [5.74, 6) is 0.508. The van der Waals surface area contributed by atoms with Gasteiger partial charge in [0.05, 0.1) is 0 Å². The molecule has 0 fully saturated rings. The average Bonchev–Trinajstić information content (AvgIpc) is 2.25. The van der Waals surface area contributed by atoms with Crippen molar-refractivity contribution in [3.63, 3.8) is 0 Å². The fourth-order valence-corrected chi connectivity index (χ4v) is 2.16.